The molecule has 0 radical (unpaired) electrons. The Morgan fingerprint density at radius 2 is 0.474 bits per heavy atom. The molecular formula is C52H76N4Ni. The van der Waals surface area contributed by atoms with Gasteiger partial charge in [-0.25, -0.2) is 0 Å². The smallest absolute Gasteiger partial charge is 0.0838 e. The molecule has 8 bridgehead atoms. The first-order valence-corrected chi connectivity index (χ1v) is 23.5. The standard InChI is InChI=1S/C52H76N4.Ni/c1-13-25-29-41-45-33(17-5)35(19-7)47(53-45)42(30-26-14-2)49-37(21-9)39(23-11)51(55-49)44(32-28-16-4)52-40(24-12)38(22-10)50(56-52)43(31-27-15-3)48-36(20-8)34(18-6)46(41)54-48;/h13-32H2,1-12H3;/b45-41-,48-43-,49-42-,52-44-;. The number of unbranched alkanes of at least 4 members (excludes halogenated alkanes) is 4. The van der Waals surface area contributed by atoms with Gasteiger partial charge < -0.3 is 21.3 Å². The average molecular weight is 816 g/mol. The molecule has 5 aliphatic rings. The van der Waals surface area contributed by atoms with Crippen molar-refractivity contribution < 1.29 is 16.5 Å². The Balaban J connectivity index is 0.00000720. The average Bonchev–Trinajstić information content (AvgIpc) is 3.98. The van der Waals surface area contributed by atoms with Gasteiger partial charge in [-0.05, 0) is 129 Å². The van der Waals surface area contributed by atoms with E-state index in [4.69, 9.17) is 21.3 Å². The summed E-state index contributed by atoms with van der Waals surface area (Å²) in [6, 6.07) is 4.88. The van der Waals surface area contributed by atoms with Gasteiger partial charge in [0, 0.05) is 65.0 Å². The van der Waals surface area contributed by atoms with Crippen LogP contribution in [0.25, 0.3) is 21.3 Å². The second kappa shape index (κ2) is 21.9. The van der Waals surface area contributed by atoms with E-state index >= 15 is 0 Å². The molecule has 314 valence electrons. The molecular weight excluding hydrogens is 739 g/mol. The van der Waals surface area contributed by atoms with Crippen LogP contribution in [0.3, 0.4) is 0 Å². The van der Waals surface area contributed by atoms with Crippen LogP contribution in [-0.4, -0.2) is 0 Å². The summed E-state index contributed by atoms with van der Waals surface area (Å²) in [6.45, 7) is 28.1. The van der Waals surface area contributed by atoms with Crippen molar-refractivity contribution >= 4 is 0 Å². The van der Waals surface area contributed by atoms with Crippen LogP contribution in [0.2, 0.25) is 0 Å². The van der Waals surface area contributed by atoms with Crippen LogP contribution in [0.5, 0.6) is 0 Å². The molecule has 5 heterocycles. The van der Waals surface area contributed by atoms with Gasteiger partial charge in [-0.1, -0.05) is 81.1 Å². The van der Waals surface area contributed by atoms with Gasteiger partial charge >= 0.3 is 0 Å². The summed E-state index contributed by atoms with van der Waals surface area (Å²) < 4.78 is 0. The molecule has 0 saturated carbocycles. The minimum Gasteiger partial charge on any atom is -0.525 e. The van der Waals surface area contributed by atoms with Gasteiger partial charge in [-0.15, -0.1) is 0 Å². The van der Waals surface area contributed by atoms with Gasteiger partial charge in [-0.3, -0.25) is 0 Å². The molecule has 0 unspecified atom stereocenters. The summed E-state index contributed by atoms with van der Waals surface area (Å²) in [5, 5.41) is 23.6. The van der Waals surface area contributed by atoms with E-state index in [-0.39, 0.29) is 16.5 Å². The van der Waals surface area contributed by atoms with E-state index in [0.717, 1.165) is 128 Å². The van der Waals surface area contributed by atoms with Crippen molar-refractivity contribution in [3.8, 4) is 0 Å². The van der Waals surface area contributed by atoms with E-state index in [1.807, 2.05) is 0 Å². The number of fused-ring (bicyclic) bond motifs is 8. The third-order valence-electron chi connectivity index (χ3n) is 12.9. The molecule has 0 N–H and O–H groups in total. The topological polar surface area (TPSA) is 56.4 Å². The minimum atomic E-state index is 0. The summed E-state index contributed by atoms with van der Waals surface area (Å²) in [6.07, 6.45) is 20.9. The van der Waals surface area contributed by atoms with Crippen molar-refractivity contribution in [2.45, 2.75) is 212 Å². The fourth-order valence-electron chi connectivity index (χ4n) is 9.98. The summed E-state index contributed by atoms with van der Waals surface area (Å²) in [7, 11) is 0. The van der Waals surface area contributed by atoms with Gasteiger partial charge in [0.1, 0.15) is 0 Å². The Bertz CT molecular complexity index is 1440. The largest absolute Gasteiger partial charge is 0.525 e. The van der Waals surface area contributed by atoms with Crippen LogP contribution in [0, 0.1) is 24.2 Å². The quantitative estimate of drug-likeness (QED) is 0.0868. The molecule has 0 atom stereocenters. The van der Waals surface area contributed by atoms with Crippen molar-refractivity contribution in [2.24, 2.45) is 0 Å². The SMILES string of the molecule is CCCC/C1=C2/[N-][C+](C(CC)=C2CC)/C(CCCC)=C2\[N-][C+](C(CC)=C2CC)/C(CCCC)=C2\[N-][C+](C(CC)=C2CC)/C(CCCC)=C2\[N-][C+]1C(CC)=C2CC.[Ni]. The van der Waals surface area contributed by atoms with Crippen molar-refractivity contribution in [2.75, 3.05) is 0 Å². The number of hydrogen-bond acceptors (Lipinski definition) is 0. The Morgan fingerprint density at radius 3 is 0.614 bits per heavy atom. The molecule has 0 aromatic carbocycles. The van der Waals surface area contributed by atoms with Crippen molar-refractivity contribution in [1.29, 1.82) is 0 Å². The maximum absolute atomic E-state index is 5.90. The van der Waals surface area contributed by atoms with E-state index < -0.39 is 0 Å². The van der Waals surface area contributed by atoms with Crippen LogP contribution in [0.1, 0.15) is 212 Å². The minimum absolute atomic E-state index is 0. The maximum Gasteiger partial charge on any atom is 0.0838 e. The molecule has 5 heteroatoms. The normalized spacial score (nSPS) is 23.6. The molecule has 0 saturated heterocycles. The molecule has 0 aliphatic carbocycles. The van der Waals surface area contributed by atoms with Crippen LogP contribution < -0.4 is 0 Å². The summed E-state index contributed by atoms with van der Waals surface area (Å²) >= 11 is 0. The molecule has 57 heavy (non-hydrogen) atoms. The second-order valence-corrected chi connectivity index (χ2v) is 16.2. The molecule has 5 aliphatic heterocycles. The van der Waals surface area contributed by atoms with Gasteiger partial charge in [-0.2, -0.15) is 0 Å². The van der Waals surface area contributed by atoms with Gasteiger partial charge in [0.2, 0.25) is 0 Å². The third-order valence-corrected chi connectivity index (χ3v) is 12.9. The molecule has 5 rings (SSSR count). The van der Waals surface area contributed by atoms with Crippen molar-refractivity contribution in [1.82, 2.24) is 0 Å². The monoisotopic (exact) mass is 815 g/mol. The fraction of sp³-hybridized carbons (Fsp3) is 0.615. The molecule has 0 amide bonds. The first-order chi connectivity index (χ1) is 27.3. The third kappa shape index (κ3) is 8.86. The van der Waals surface area contributed by atoms with Crippen molar-refractivity contribution in [3.63, 3.8) is 0 Å². The summed E-state index contributed by atoms with van der Waals surface area (Å²) in [4.78, 5) is 0. The van der Waals surface area contributed by atoms with Crippen LogP contribution in [0.15, 0.2) is 89.7 Å². The Labute approximate surface area is 361 Å². The predicted octanol–water partition coefficient (Wildman–Crippen LogP) is 17.9. The van der Waals surface area contributed by atoms with Crippen molar-refractivity contribution in [3.05, 3.63) is 135 Å². The maximum atomic E-state index is 5.90. The van der Waals surface area contributed by atoms with Crippen LogP contribution in [0.4, 0.5) is 0 Å². The van der Waals surface area contributed by atoms with E-state index in [0.29, 0.717) is 0 Å². The fourth-order valence-corrected chi connectivity index (χ4v) is 9.98. The summed E-state index contributed by atoms with van der Waals surface area (Å²) in [5.41, 5.74) is 21.9. The second-order valence-electron chi connectivity index (χ2n) is 16.2. The Morgan fingerprint density at radius 1 is 0.281 bits per heavy atom. The van der Waals surface area contributed by atoms with Gasteiger partial charge in [0.25, 0.3) is 0 Å². The van der Waals surface area contributed by atoms with E-state index in [1.54, 1.807) is 0 Å². The van der Waals surface area contributed by atoms with E-state index in [9.17, 15) is 0 Å². The van der Waals surface area contributed by atoms with E-state index in [1.165, 1.54) is 114 Å². The first-order valence-electron chi connectivity index (χ1n) is 23.5. The number of nitrogens with zero attached hydrogens (tertiary/aromatic N) is 4. The van der Waals surface area contributed by atoms with Crippen LogP contribution >= 0.6 is 0 Å². The zero-order valence-electron chi connectivity index (χ0n) is 38.2. The van der Waals surface area contributed by atoms with Crippen LogP contribution in [-0.2, 0) is 16.5 Å². The zero-order valence-corrected chi connectivity index (χ0v) is 39.2. The Hall–Kier alpha value is -2.91. The molecule has 4 nitrogen and oxygen atoms in total. The Kier molecular flexibility index (Phi) is 18.0. The first kappa shape index (κ1) is 46.8. The zero-order chi connectivity index (χ0) is 40.5. The van der Waals surface area contributed by atoms with E-state index in [2.05, 4.69) is 83.1 Å². The summed E-state index contributed by atoms with van der Waals surface area (Å²) in [5.74, 6) is 0. The van der Waals surface area contributed by atoms with Gasteiger partial charge in [0.15, 0.2) is 0 Å². The molecule has 0 aromatic rings. The molecule has 0 aromatic heterocycles. The molecule has 0 spiro atoms. The number of allylic oxidation sites excluding steroid dienone is 4. The number of rotatable bonds is 20. The predicted molar refractivity (Wildman–Crippen MR) is 243 cm³/mol. The molecule has 0 fully saturated rings. The van der Waals surface area contributed by atoms with Gasteiger partial charge in [0.05, 0.1) is 66.9 Å². The number of hydrogen-bond donors (Lipinski definition) is 0.